The predicted molar refractivity (Wildman–Crippen MR) is 144 cm³/mol. The van der Waals surface area contributed by atoms with Gasteiger partial charge in [0.1, 0.15) is 30.1 Å². The van der Waals surface area contributed by atoms with Crippen LogP contribution >= 0.6 is 11.6 Å². The van der Waals surface area contributed by atoms with Crippen LogP contribution in [0.4, 0.5) is 0 Å². The van der Waals surface area contributed by atoms with E-state index >= 15 is 0 Å². The van der Waals surface area contributed by atoms with Crippen molar-refractivity contribution in [1.29, 1.82) is 0 Å². The fourth-order valence-electron chi connectivity index (χ4n) is 4.78. The number of rotatable bonds is 7. The van der Waals surface area contributed by atoms with Crippen molar-refractivity contribution in [1.82, 2.24) is 9.88 Å². The Labute approximate surface area is 229 Å². The molecule has 0 spiro atoms. The lowest BCUT2D eigenvalue weighted by molar-refractivity contribution is -0.244. The zero-order valence-corrected chi connectivity index (χ0v) is 21.7. The number of ether oxygens (including phenoxy) is 2. The smallest absolute Gasteiger partial charge is 0.223 e. The van der Waals surface area contributed by atoms with Gasteiger partial charge in [-0.15, -0.1) is 0 Å². The maximum Gasteiger partial charge on any atom is 0.223 e. The minimum absolute atomic E-state index is 0.165. The molecule has 1 aromatic heterocycles. The number of benzene rings is 3. The lowest BCUT2D eigenvalue weighted by Gasteiger charge is -2.41. The van der Waals surface area contributed by atoms with Crippen LogP contribution in [-0.2, 0) is 9.53 Å². The van der Waals surface area contributed by atoms with Crippen LogP contribution in [0.2, 0.25) is 5.02 Å². The average molecular weight is 551 g/mol. The summed E-state index contributed by atoms with van der Waals surface area (Å²) in [5.74, 6) is -0.320. The summed E-state index contributed by atoms with van der Waals surface area (Å²) in [6.07, 6.45) is -3.63. The number of aromatic nitrogens is 1. The first-order valence-corrected chi connectivity index (χ1v) is 12.7. The van der Waals surface area contributed by atoms with Crippen LogP contribution in [0.15, 0.2) is 79.0 Å². The molecule has 1 amide bonds. The number of nitrogens with zero attached hydrogens (tertiary/aromatic N) is 1. The highest BCUT2D eigenvalue weighted by Crippen LogP contribution is 2.36. The lowest BCUT2D eigenvalue weighted by Crippen LogP contribution is -2.65. The second-order valence-corrected chi connectivity index (χ2v) is 9.72. The van der Waals surface area contributed by atoms with Crippen LogP contribution in [-0.4, -0.2) is 68.8 Å². The molecule has 202 valence electrons. The molecule has 0 aliphatic carbocycles. The topological polar surface area (TPSA) is 130 Å². The number of nitrogens with one attached hydrogen (secondary N) is 1. The molecular weight excluding hydrogens is 524 g/mol. The maximum atomic E-state index is 13.4. The molecule has 5 atom stereocenters. The van der Waals surface area contributed by atoms with Crippen molar-refractivity contribution < 1.29 is 34.4 Å². The van der Waals surface area contributed by atoms with Crippen molar-refractivity contribution in [2.24, 2.45) is 0 Å². The van der Waals surface area contributed by atoms with E-state index in [1.54, 1.807) is 71.4 Å². The van der Waals surface area contributed by atoms with E-state index in [0.29, 0.717) is 38.5 Å². The zero-order chi connectivity index (χ0) is 27.7. The van der Waals surface area contributed by atoms with Gasteiger partial charge < -0.3 is 34.7 Å². The van der Waals surface area contributed by atoms with Gasteiger partial charge in [0.2, 0.25) is 12.2 Å². The van der Waals surface area contributed by atoms with Crippen molar-refractivity contribution in [2.45, 2.75) is 37.6 Å². The molecule has 1 aliphatic heterocycles. The molecule has 1 fully saturated rings. The summed E-state index contributed by atoms with van der Waals surface area (Å²) in [6.45, 7) is 0.695. The third-order valence-electron chi connectivity index (χ3n) is 6.67. The summed E-state index contributed by atoms with van der Waals surface area (Å²) in [6, 6.07) is 20.1. The van der Waals surface area contributed by atoms with E-state index in [9.17, 15) is 24.9 Å². The molecule has 39 heavy (non-hydrogen) atoms. The number of amides is 1. The van der Waals surface area contributed by atoms with Gasteiger partial charge in [0.25, 0.3) is 0 Å². The fraction of sp³-hybridized carbons (Fsp3) is 0.241. The second-order valence-electron chi connectivity index (χ2n) is 9.29. The maximum absolute atomic E-state index is 13.4. The highest BCUT2D eigenvalue weighted by Gasteiger charge is 2.46. The molecule has 5 rings (SSSR count). The van der Waals surface area contributed by atoms with Crippen LogP contribution in [0.3, 0.4) is 0 Å². The van der Waals surface area contributed by atoms with E-state index in [1.807, 2.05) is 12.1 Å². The average Bonchev–Trinajstić information content (AvgIpc) is 3.29. The Bertz CT molecular complexity index is 1510. The SMILES string of the molecule is CC(=O)N[C@H]1[C@H](Oc2cn(-c3ccccc3C(=O)c3ccccc3)c3cc(Cl)ccc23)O[C@H](CO)[C@H](O)[C@@H]1O. The third kappa shape index (κ3) is 5.27. The number of aliphatic hydroxyl groups excluding tert-OH is 3. The number of carbonyl (C=O) groups excluding carboxylic acids is 2. The van der Waals surface area contributed by atoms with Crippen molar-refractivity contribution >= 4 is 34.2 Å². The Morgan fingerprint density at radius 1 is 1.03 bits per heavy atom. The van der Waals surface area contributed by atoms with Crippen LogP contribution in [0.25, 0.3) is 16.6 Å². The van der Waals surface area contributed by atoms with Gasteiger partial charge in [-0.3, -0.25) is 9.59 Å². The number of carbonyl (C=O) groups is 2. The highest BCUT2D eigenvalue weighted by molar-refractivity contribution is 6.31. The number of aliphatic hydroxyl groups is 3. The van der Waals surface area contributed by atoms with Crippen LogP contribution < -0.4 is 10.1 Å². The molecule has 10 heteroatoms. The van der Waals surface area contributed by atoms with E-state index in [-0.39, 0.29) is 5.78 Å². The van der Waals surface area contributed by atoms with Crippen molar-refractivity contribution in [3.05, 3.63) is 95.1 Å². The van der Waals surface area contributed by atoms with Gasteiger partial charge in [-0.25, -0.2) is 0 Å². The van der Waals surface area contributed by atoms with Gasteiger partial charge in [-0.1, -0.05) is 54.1 Å². The molecule has 0 unspecified atom stereocenters. The van der Waals surface area contributed by atoms with Crippen LogP contribution in [0.1, 0.15) is 22.8 Å². The monoisotopic (exact) mass is 550 g/mol. The number of halogens is 1. The van der Waals surface area contributed by atoms with E-state index in [1.165, 1.54) is 6.92 Å². The van der Waals surface area contributed by atoms with Gasteiger partial charge in [-0.2, -0.15) is 0 Å². The summed E-state index contributed by atoms with van der Waals surface area (Å²) in [5.41, 5.74) is 2.21. The molecule has 4 N–H and O–H groups in total. The number of hydrogen-bond acceptors (Lipinski definition) is 7. The number of hydrogen-bond donors (Lipinski definition) is 4. The second kappa shape index (κ2) is 11.2. The van der Waals surface area contributed by atoms with Gasteiger partial charge in [-0.05, 0) is 30.3 Å². The predicted octanol–water partition coefficient (Wildman–Crippen LogP) is 2.84. The highest BCUT2D eigenvalue weighted by atomic mass is 35.5. The first kappa shape index (κ1) is 26.9. The van der Waals surface area contributed by atoms with E-state index in [2.05, 4.69) is 5.32 Å². The molecule has 3 aromatic carbocycles. The summed E-state index contributed by atoms with van der Waals surface area (Å²) in [4.78, 5) is 25.3. The van der Waals surface area contributed by atoms with Crippen molar-refractivity contribution in [3.8, 4) is 11.4 Å². The normalized spacial score (nSPS) is 22.9. The molecule has 0 bridgehead atoms. The first-order chi connectivity index (χ1) is 18.8. The summed E-state index contributed by atoms with van der Waals surface area (Å²) >= 11 is 6.35. The Kier molecular flexibility index (Phi) is 7.69. The largest absolute Gasteiger partial charge is 0.460 e. The summed E-state index contributed by atoms with van der Waals surface area (Å²) in [7, 11) is 0. The molecule has 4 aromatic rings. The molecule has 0 radical (unpaired) electrons. The van der Waals surface area contributed by atoms with Gasteiger partial charge in [0.15, 0.2) is 5.78 Å². The molecule has 9 nitrogen and oxygen atoms in total. The molecule has 1 aliphatic rings. The molecule has 1 saturated heterocycles. The Morgan fingerprint density at radius 2 is 1.74 bits per heavy atom. The molecular formula is C29H27ClN2O7. The van der Waals surface area contributed by atoms with Crippen LogP contribution in [0.5, 0.6) is 5.75 Å². The Morgan fingerprint density at radius 3 is 2.46 bits per heavy atom. The summed E-state index contributed by atoms with van der Waals surface area (Å²) < 4.78 is 13.7. The van der Waals surface area contributed by atoms with Gasteiger partial charge in [0, 0.05) is 28.5 Å². The third-order valence-corrected chi connectivity index (χ3v) is 6.90. The van der Waals surface area contributed by atoms with Crippen molar-refractivity contribution in [2.75, 3.05) is 6.61 Å². The van der Waals surface area contributed by atoms with Crippen LogP contribution in [0, 0.1) is 0 Å². The summed E-state index contributed by atoms with van der Waals surface area (Å²) in [5, 5.41) is 34.3. The lowest BCUT2D eigenvalue weighted by atomic mass is 9.97. The first-order valence-electron chi connectivity index (χ1n) is 12.3. The molecule has 2 heterocycles. The van der Waals surface area contributed by atoms with E-state index in [4.69, 9.17) is 21.1 Å². The van der Waals surface area contributed by atoms with E-state index < -0.39 is 43.2 Å². The zero-order valence-electron chi connectivity index (χ0n) is 20.9. The molecule has 0 saturated carbocycles. The number of fused-ring (bicyclic) bond motifs is 1. The quantitative estimate of drug-likeness (QED) is 0.260. The van der Waals surface area contributed by atoms with Gasteiger partial charge >= 0.3 is 0 Å². The Balaban J connectivity index is 1.60. The minimum Gasteiger partial charge on any atom is -0.460 e. The number of para-hydroxylation sites is 1. The van der Waals surface area contributed by atoms with Gasteiger partial charge in [0.05, 0.1) is 24.0 Å². The minimum atomic E-state index is -1.46. The fourth-order valence-corrected chi connectivity index (χ4v) is 4.95. The van der Waals surface area contributed by atoms with Crippen molar-refractivity contribution in [3.63, 3.8) is 0 Å². The van der Waals surface area contributed by atoms with E-state index in [0.717, 1.165) is 0 Å². The number of ketones is 1. The standard InChI is InChI=1S/C29H27ClN2O7/c1-16(34)31-25-28(37)27(36)24(15-33)39-29(25)38-23-14-32(22-13-18(30)11-12-19(22)23)21-10-6-5-9-20(21)26(35)17-7-3-2-4-8-17/h2-14,24-25,27-29,33,36-37H,15H2,1H3,(H,31,34)/t24-,25-,27+,28-,29-/m1/s1. The Hall–Kier alpha value is -3.73.